The van der Waals surface area contributed by atoms with Gasteiger partial charge in [0, 0.05) is 38.5 Å². The van der Waals surface area contributed by atoms with Crippen LogP contribution in [0.5, 0.6) is 0 Å². The highest BCUT2D eigenvalue weighted by atomic mass is 32.2. The van der Waals surface area contributed by atoms with E-state index in [1.54, 1.807) is 6.92 Å². The third kappa shape index (κ3) is 6.81. The number of piperidine rings is 1. The summed E-state index contributed by atoms with van der Waals surface area (Å²) >= 11 is 0. The minimum Gasteiger partial charge on any atom is -0.341 e. The zero-order valence-electron chi connectivity index (χ0n) is 20.1. The monoisotopic (exact) mass is 554 g/mol. The first-order chi connectivity index (χ1) is 16.9. The van der Waals surface area contributed by atoms with Crippen molar-refractivity contribution in [2.24, 2.45) is 5.92 Å². The minimum absolute atomic E-state index is 0.00159. The van der Waals surface area contributed by atoms with Crippen LogP contribution in [0.3, 0.4) is 0 Å². The first-order valence-corrected chi connectivity index (χ1v) is 13.0. The predicted molar refractivity (Wildman–Crippen MR) is 121 cm³/mol. The largest absolute Gasteiger partial charge is 0.416 e. The van der Waals surface area contributed by atoms with Gasteiger partial charge in [-0.2, -0.15) is 26.3 Å². The van der Waals surface area contributed by atoms with Crippen LogP contribution in [-0.2, 0) is 33.7 Å². The Balaban J connectivity index is 1.94. The summed E-state index contributed by atoms with van der Waals surface area (Å²) in [6.07, 6.45) is -8.97. The van der Waals surface area contributed by atoms with Crippen molar-refractivity contribution in [2.45, 2.75) is 38.2 Å². The summed E-state index contributed by atoms with van der Waals surface area (Å²) in [7, 11) is -2.36. The van der Waals surface area contributed by atoms with Crippen molar-refractivity contribution in [2.75, 3.05) is 26.4 Å². The molecule has 0 saturated carbocycles. The van der Waals surface area contributed by atoms with E-state index in [1.165, 1.54) is 29.6 Å². The van der Waals surface area contributed by atoms with Crippen molar-refractivity contribution in [3.8, 4) is 0 Å². The molecule has 1 amide bonds. The molecule has 0 radical (unpaired) electrons. The molecule has 1 aliphatic rings. The van der Waals surface area contributed by atoms with Crippen molar-refractivity contribution >= 4 is 15.9 Å². The third-order valence-electron chi connectivity index (χ3n) is 6.44. The molecule has 2 aromatic rings. The highest BCUT2D eigenvalue weighted by Gasteiger charge is 2.40. The van der Waals surface area contributed by atoms with Gasteiger partial charge in [-0.25, -0.2) is 17.1 Å². The molecule has 1 heterocycles. The van der Waals surface area contributed by atoms with Gasteiger partial charge in [-0.05, 0) is 60.4 Å². The number of carbonyl (C=O) groups is 1. The fourth-order valence-electron chi connectivity index (χ4n) is 4.63. The fraction of sp³-hybridized carbons (Fsp3) is 0.458. The lowest BCUT2D eigenvalue weighted by molar-refractivity contribution is -0.143. The maximum Gasteiger partial charge on any atom is 0.416 e. The summed E-state index contributed by atoms with van der Waals surface area (Å²) in [4.78, 5) is 14.5. The molecule has 0 N–H and O–H groups in total. The lowest BCUT2D eigenvalue weighted by atomic mass is 9.79. The Kier molecular flexibility index (Phi) is 8.00. The maximum absolute atomic E-state index is 13.7. The number of alkyl halides is 6. The van der Waals surface area contributed by atoms with E-state index in [-0.39, 0.29) is 31.1 Å². The molecule has 37 heavy (non-hydrogen) atoms. The van der Waals surface area contributed by atoms with Crippen molar-refractivity contribution in [3.05, 3.63) is 70.0 Å². The molecular formula is C24H25F7N2O3S. The number of hydrogen-bond donors (Lipinski definition) is 0. The summed E-state index contributed by atoms with van der Waals surface area (Å²) in [5, 5.41) is 0. The minimum atomic E-state index is -5.03. The molecule has 0 aromatic heterocycles. The van der Waals surface area contributed by atoms with Crippen LogP contribution in [-0.4, -0.2) is 49.9 Å². The molecular weight excluding hydrogens is 529 g/mol. The molecule has 3 rings (SSSR count). The molecule has 204 valence electrons. The van der Waals surface area contributed by atoms with Crippen LogP contribution >= 0.6 is 0 Å². The molecule has 1 aliphatic heterocycles. The van der Waals surface area contributed by atoms with Crippen molar-refractivity contribution in [1.29, 1.82) is 0 Å². The maximum atomic E-state index is 13.7. The van der Waals surface area contributed by atoms with Gasteiger partial charge < -0.3 is 4.90 Å². The topological polar surface area (TPSA) is 57.7 Å². The Bertz CT molecular complexity index is 1240. The van der Waals surface area contributed by atoms with Crippen LogP contribution in [0, 0.1) is 18.7 Å². The zero-order chi connectivity index (χ0) is 27.9. The average molecular weight is 555 g/mol. The first kappa shape index (κ1) is 28.9. The Morgan fingerprint density at radius 3 is 2.08 bits per heavy atom. The fourth-order valence-corrected chi connectivity index (χ4v) is 5.50. The van der Waals surface area contributed by atoms with E-state index in [9.17, 15) is 43.9 Å². The number of aryl methyl sites for hydroxylation is 1. The van der Waals surface area contributed by atoms with Gasteiger partial charge in [-0.1, -0.05) is 6.07 Å². The van der Waals surface area contributed by atoms with Crippen LogP contribution in [0.15, 0.2) is 36.4 Å². The number of carbonyl (C=O) groups excluding carboxylic acids is 1. The van der Waals surface area contributed by atoms with Gasteiger partial charge in [0.15, 0.2) is 0 Å². The SMILES string of the molecule is Cc1cc(F)ccc1[C@H]1CN(S(C)(=O)=O)CC[C@@H]1C(=O)N(C)Cc1cc(C(F)(F)F)cc(C(F)(F)F)c1. The van der Waals surface area contributed by atoms with E-state index in [1.807, 2.05) is 0 Å². The van der Waals surface area contributed by atoms with E-state index in [2.05, 4.69) is 0 Å². The van der Waals surface area contributed by atoms with E-state index >= 15 is 0 Å². The van der Waals surface area contributed by atoms with Gasteiger partial charge in [-0.3, -0.25) is 4.79 Å². The second-order valence-electron chi connectivity index (χ2n) is 9.23. The molecule has 0 aliphatic carbocycles. The zero-order valence-corrected chi connectivity index (χ0v) is 20.9. The van der Waals surface area contributed by atoms with E-state index in [0.29, 0.717) is 23.3 Å². The Labute approximate surface area is 209 Å². The lowest BCUT2D eigenvalue weighted by Gasteiger charge is -2.39. The molecule has 0 bridgehead atoms. The Morgan fingerprint density at radius 2 is 1.59 bits per heavy atom. The standard InChI is InChI=1S/C24H25F7N2O3S/c1-14-8-18(25)4-5-19(14)21-13-33(37(3,35)36)7-6-20(21)22(34)32(2)12-15-9-16(23(26,27)28)11-17(10-15)24(29,30)31/h4-5,8-11,20-21H,6-7,12-13H2,1-3H3/t20-,21+/m0/s1. The summed E-state index contributed by atoms with van der Waals surface area (Å²) < 4.78 is 119. The lowest BCUT2D eigenvalue weighted by Crippen LogP contribution is -2.47. The molecule has 5 nitrogen and oxygen atoms in total. The molecule has 1 fully saturated rings. The number of halogens is 7. The van der Waals surface area contributed by atoms with Crippen molar-refractivity contribution in [3.63, 3.8) is 0 Å². The molecule has 2 aromatic carbocycles. The first-order valence-electron chi connectivity index (χ1n) is 11.1. The van der Waals surface area contributed by atoms with Gasteiger partial charge in [0.2, 0.25) is 15.9 Å². The normalized spacial score (nSPS) is 19.6. The Hall–Kier alpha value is -2.67. The third-order valence-corrected chi connectivity index (χ3v) is 7.71. The summed E-state index contributed by atoms with van der Waals surface area (Å²) in [5.41, 5.74) is -2.33. The number of nitrogens with zero attached hydrogens (tertiary/aromatic N) is 2. The molecule has 13 heteroatoms. The summed E-state index contributed by atoms with van der Waals surface area (Å²) in [6.45, 7) is 0.983. The Morgan fingerprint density at radius 1 is 1.03 bits per heavy atom. The van der Waals surface area contributed by atoms with E-state index < -0.39 is 63.6 Å². The van der Waals surface area contributed by atoms with Crippen LogP contribution in [0.2, 0.25) is 0 Å². The van der Waals surface area contributed by atoms with Gasteiger partial charge in [0.05, 0.1) is 17.4 Å². The summed E-state index contributed by atoms with van der Waals surface area (Å²) in [5.74, 6) is -2.64. The van der Waals surface area contributed by atoms with Gasteiger partial charge in [0.1, 0.15) is 5.82 Å². The second-order valence-corrected chi connectivity index (χ2v) is 11.2. The number of hydrogen-bond acceptors (Lipinski definition) is 3. The second kappa shape index (κ2) is 10.2. The number of rotatable bonds is 5. The van der Waals surface area contributed by atoms with Gasteiger partial charge >= 0.3 is 12.4 Å². The highest BCUT2D eigenvalue weighted by Crippen LogP contribution is 2.38. The van der Waals surface area contributed by atoms with Crippen molar-refractivity contribution in [1.82, 2.24) is 9.21 Å². The molecule has 1 saturated heterocycles. The number of amides is 1. The van der Waals surface area contributed by atoms with Crippen molar-refractivity contribution < 1.29 is 43.9 Å². The predicted octanol–water partition coefficient (Wildman–Crippen LogP) is 5.20. The molecule has 0 unspecified atom stereocenters. The quantitative estimate of drug-likeness (QED) is 0.478. The smallest absolute Gasteiger partial charge is 0.341 e. The number of sulfonamides is 1. The van der Waals surface area contributed by atoms with Gasteiger partial charge in [0.25, 0.3) is 0 Å². The van der Waals surface area contributed by atoms with Crippen LogP contribution < -0.4 is 0 Å². The number of benzene rings is 2. The average Bonchev–Trinajstić information content (AvgIpc) is 2.76. The van der Waals surface area contributed by atoms with E-state index in [4.69, 9.17) is 0 Å². The van der Waals surface area contributed by atoms with Crippen LogP contribution in [0.25, 0.3) is 0 Å². The van der Waals surface area contributed by atoms with Crippen LogP contribution in [0.1, 0.15) is 40.2 Å². The summed E-state index contributed by atoms with van der Waals surface area (Å²) in [6, 6.07) is 5.00. The van der Waals surface area contributed by atoms with Crippen LogP contribution in [0.4, 0.5) is 30.7 Å². The van der Waals surface area contributed by atoms with Gasteiger partial charge in [-0.15, -0.1) is 0 Å². The highest BCUT2D eigenvalue weighted by molar-refractivity contribution is 7.88. The molecule has 2 atom stereocenters. The molecule has 0 spiro atoms. The van der Waals surface area contributed by atoms with E-state index in [0.717, 1.165) is 11.2 Å².